The Balaban J connectivity index is 1.27. The lowest BCUT2D eigenvalue weighted by atomic mass is 10.1. The Morgan fingerprint density at radius 3 is 2.70 bits per heavy atom. The molecule has 0 spiro atoms. The van der Waals surface area contributed by atoms with Gasteiger partial charge >= 0.3 is 0 Å². The van der Waals surface area contributed by atoms with Crippen LogP contribution in [0.15, 0.2) is 59.3 Å². The molecule has 1 aliphatic carbocycles. The molecule has 1 aliphatic heterocycles. The molecular formula is C24H20N6O3. The molecule has 0 saturated heterocycles. The van der Waals surface area contributed by atoms with Crippen molar-refractivity contribution in [3.63, 3.8) is 0 Å². The van der Waals surface area contributed by atoms with Gasteiger partial charge in [-0.3, -0.25) is 14.5 Å². The van der Waals surface area contributed by atoms with Gasteiger partial charge in [0.2, 0.25) is 17.6 Å². The predicted octanol–water partition coefficient (Wildman–Crippen LogP) is 3.71. The van der Waals surface area contributed by atoms with Crippen molar-refractivity contribution >= 4 is 23.2 Å². The zero-order chi connectivity index (χ0) is 22.5. The predicted molar refractivity (Wildman–Crippen MR) is 120 cm³/mol. The molecule has 2 aliphatic rings. The minimum atomic E-state index is -0.267. The first kappa shape index (κ1) is 19.4. The maximum absolute atomic E-state index is 13.3. The highest BCUT2D eigenvalue weighted by Gasteiger charge is 2.30. The molecular weight excluding hydrogens is 420 g/mol. The quantitative estimate of drug-likeness (QED) is 0.519. The van der Waals surface area contributed by atoms with Gasteiger partial charge in [0, 0.05) is 17.7 Å². The number of aromatic nitrogens is 4. The summed E-state index contributed by atoms with van der Waals surface area (Å²) in [6.45, 7) is 1.75. The smallest absolute Gasteiger partial charge is 0.262 e. The lowest BCUT2D eigenvalue weighted by Gasteiger charge is -2.28. The minimum absolute atomic E-state index is 0.0390. The van der Waals surface area contributed by atoms with Crippen LogP contribution in [0, 0.1) is 6.92 Å². The highest BCUT2D eigenvalue weighted by molar-refractivity contribution is 6.15. The van der Waals surface area contributed by atoms with Gasteiger partial charge in [0.05, 0.1) is 28.3 Å². The molecule has 9 heteroatoms. The first-order chi connectivity index (χ1) is 16.1. The van der Waals surface area contributed by atoms with Gasteiger partial charge in [0.1, 0.15) is 6.54 Å². The van der Waals surface area contributed by atoms with E-state index in [2.05, 4.69) is 20.6 Å². The van der Waals surface area contributed by atoms with Gasteiger partial charge in [-0.1, -0.05) is 17.3 Å². The fourth-order valence-electron chi connectivity index (χ4n) is 3.97. The number of amides is 2. The molecule has 0 bridgehead atoms. The number of carbonyl (C=O) groups excluding carboxylic acids is 2. The van der Waals surface area contributed by atoms with Crippen LogP contribution in [-0.2, 0) is 4.79 Å². The lowest BCUT2D eigenvalue weighted by Crippen LogP contribution is -2.42. The third-order valence-electron chi connectivity index (χ3n) is 5.90. The number of fused-ring (bicyclic) bond motifs is 1. The molecule has 0 radical (unpaired) electrons. The third-order valence-corrected chi connectivity index (χ3v) is 5.90. The average molecular weight is 440 g/mol. The standard InChI is InChI=1S/C24H20N6O3/c1-14-18(24(32)29-13-21(31)25-19-4-2-3-5-20(19)29)12-30(27-14)17-10-8-15(9-11-17)22-26-23(33-28-22)16-6-7-16/h2-5,8-12,16H,6-7,13H2,1H3,(H,25,31). The first-order valence-corrected chi connectivity index (χ1v) is 10.8. The summed E-state index contributed by atoms with van der Waals surface area (Å²) >= 11 is 0. The Bertz CT molecular complexity index is 1380. The molecule has 1 saturated carbocycles. The first-order valence-electron chi connectivity index (χ1n) is 10.8. The van der Waals surface area contributed by atoms with E-state index in [-0.39, 0.29) is 18.4 Å². The third kappa shape index (κ3) is 3.47. The maximum Gasteiger partial charge on any atom is 0.262 e. The fraction of sp³-hybridized carbons (Fsp3) is 0.208. The van der Waals surface area contributed by atoms with E-state index in [1.54, 1.807) is 23.9 Å². The van der Waals surface area contributed by atoms with Crippen LogP contribution in [0.1, 0.15) is 40.7 Å². The van der Waals surface area contributed by atoms with Crippen molar-refractivity contribution in [3.8, 4) is 17.1 Å². The van der Waals surface area contributed by atoms with E-state index >= 15 is 0 Å². The Hall–Kier alpha value is -4.27. The van der Waals surface area contributed by atoms with Gasteiger partial charge in [0.25, 0.3) is 5.91 Å². The summed E-state index contributed by atoms with van der Waals surface area (Å²) in [7, 11) is 0. The molecule has 1 fully saturated rings. The largest absolute Gasteiger partial charge is 0.339 e. The summed E-state index contributed by atoms with van der Waals surface area (Å²) < 4.78 is 7.01. The summed E-state index contributed by atoms with van der Waals surface area (Å²) in [5, 5.41) is 11.4. The molecule has 164 valence electrons. The van der Waals surface area contributed by atoms with E-state index in [4.69, 9.17) is 4.52 Å². The van der Waals surface area contributed by atoms with Crippen molar-refractivity contribution < 1.29 is 14.1 Å². The van der Waals surface area contributed by atoms with Gasteiger partial charge < -0.3 is 9.84 Å². The molecule has 0 atom stereocenters. The van der Waals surface area contributed by atoms with Crippen molar-refractivity contribution in [2.24, 2.45) is 0 Å². The molecule has 0 unspecified atom stereocenters. The summed E-state index contributed by atoms with van der Waals surface area (Å²) in [5.74, 6) is 1.18. The monoisotopic (exact) mass is 440 g/mol. The van der Waals surface area contributed by atoms with E-state index in [1.165, 1.54) is 4.90 Å². The van der Waals surface area contributed by atoms with Crippen LogP contribution in [0.25, 0.3) is 17.1 Å². The van der Waals surface area contributed by atoms with Crippen LogP contribution in [0.2, 0.25) is 0 Å². The van der Waals surface area contributed by atoms with Gasteiger partial charge in [-0.15, -0.1) is 0 Å². The van der Waals surface area contributed by atoms with Crippen molar-refractivity contribution in [1.29, 1.82) is 0 Å². The van der Waals surface area contributed by atoms with Crippen LogP contribution < -0.4 is 10.2 Å². The molecule has 3 heterocycles. The number of benzene rings is 2. The number of para-hydroxylation sites is 2. The van der Waals surface area contributed by atoms with Crippen LogP contribution >= 0.6 is 0 Å². The Morgan fingerprint density at radius 1 is 1.12 bits per heavy atom. The van der Waals surface area contributed by atoms with E-state index in [1.807, 2.05) is 42.5 Å². The highest BCUT2D eigenvalue weighted by Crippen LogP contribution is 2.39. The van der Waals surface area contributed by atoms with Gasteiger partial charge in [-0.2, -0.15) is 10.1 Å². The molecule has 4 aromatic rings. The number of nitrogens with zero attached hydrogens (tertiary/aromatic N) is 5. The van der Waals surface area contributed by atoms with Crippen LogP contribution in [0.3, 0.4) is 0 Å². The normalized spacial score (nSPS) is 15.3. The van der Waals surface area contributed by atoms with Crippen LogP contribution in [-0.4, -0.2) is 38.3 Å². The average Bonchev–Trinajstić information content (AvgIpc) is 3.43. The second-order valence-electron chi connectivity index (χ2n) is 8.31. The number of hydrogen-bond donors (Lipinski definition) is 1. The zero-order valence-corrected chi connectivity index (χ0v) is 17.9. The molecule has 2 amide bonds. The van der Waals surface area contributed by atoms with Crippen molar-refractivity contribution in [1.82, 2.24) is 19.9 Å². The summed E-state index contributed by atoms with van der Waals surface area (Å²) in [6.07, 6.45) is 3.91. The summed E-state index contributed by atoms with van der Waals surface area (Å²) in [6, 6.07) is 14.9. The zero-order valence-electron chi connectivity index (χ0n) is 17.9. The minimum Gasteiger partial charge on any atom is -0.339 e. The number of aryl methyl sites for hydroxylation is 1. The van der Waals surface area contributed by atoms with Crippen molar-refractivity contribution in [2.45, 2.75) is 25.7 Å². The van der Waals surface area contributed by atoms with E-state index < -0.39 is 0 Å². The summed E-state index contributed by atoms with van der Waals surface area (Å²) in [4.78, 5) is 31.4. The van der Waals surface area contributed by atoms with Crippen LogP contribution in [0.4, 0.5) is 11.4 Å². The fourth-order valence-corrected chi connectivity index (χ4v) is 3.97. The molecule has 9 nitrogen and oxygen atoms in total. The SMILES string of the molecule is Cc1nn(-c2ccc(-c3noc(C4CC4)n3)cc2)cc1C(=O)N1CC(=O)Nc2ccccc21. The second kappa shape index (κ2) is 7.40. The van der Waals surface area contributed by atoms with Gasteiger partial charge in [-0.05, 0) is 56.2 Å². The number of carbonyl (C=O) groups is 2. The number of hydrogen-bond acceptors (Lipinski definition) is 6. The molecule has 1 N–H and O–H groups in total. The molecule has 6 rings (SSSR count). The van der Waals surface area contributed by atoms with Gasteiger partial charge in [-0.25, -0.2) is 4.68 Å². The Kier molecular flexibility index (Phi) is 4.36. The second-order valence-corrected chi connectivity index (χ2v) is 8.31. The van der Waals surface area contributed by atoms with Crippen molar-refractivity contribution in [3.05, 3.63) is 71.9 Å². The summed E-state index contributed by atoms with van der Waals surface area (Å²) in [5.41, 5.74) is 3.96. The lowest BCUT2D eigenvalue weighted by molar-refractivity contribution is -0.115. The van der Waals surface area contributed by atoms with E-state index in [0.717, 1.165) is 24.1 Å². The van der Waals surface area contributed by atoms with E-state index in [0.29, 0.717) is 40.3 Å². The molecule has 33 heavy (non-hydrogen) atoms. The molecule has 2 aromatic heterocycles. The molecule has 2 aromatic carbocycles. The van der Waals surface area contributed by atoms with E-state index in [9.17, 15) is 9.59 Å². The maximum atomic E-state index is 13.3. The van der Waals surface area contributed by atoms with Gasteiger partial charge in [0.15, 0.2) is 0 Å². The number of anilines is 2. The van der Waals surface area contributed by atoms with Crippen LogP contribution in [0.5, 0.6) is 0 Å². The number of rotatable bonds is 4. The topological polar surface area (TPSA) is 106 Å². The van der Waals surface area contributed by atoms with Crippen molar-refractivity contribution in [2.75, 3.05) is 16.8 Å². The Morgan fingerprint density at radius 2 is 1.91 bits per heavy atom. The number of nitrogens with one attached hydrogen (secondary N) is 1. The highest BCUT2D eigenvalue weighted by atomic mass is 16.5. The Labute approximate surface area is 189 Å².